The lowest BCUT2D eigenvalue weighted by Crippen LogP contribution is -2.60. The van der Waals surface area contributed by atoms with Gasteiger partial charge in [0, 0.05) is 44.4 Å². The summed E-state index contributed by atoms with van der Waals surface area (Å²) in [6.45, 7) is 19.1. The first-order valence-corrected chi connectivity index (χ1v) is 19.2. The van der Waals surface area contributed by atoms with Crippen LogP contribution in [0.2, 0.25) is 0 Å². The largest absolute Gasteiger partial charge is 0.459 e. The number of fused-ring (bicyclic) bond motifs is 2. The molecule has 4 aliphatic rings. The standard InChI is InChI=1S/C38H69NO12/c1-13-27-38(10,44)32(42)23(5)30-20(2)17-37(9,51-30)33(50-35-29(41)26(16-21(3)47-35)39(11)14-15-40)24(6)31(25(7)34(43)48-27)49-28-19-36(8,45-12)18-22(4)46-28/h20-33,35,40-42,44H,13-19H2,1-12H3/t20-,21+,22-,23+,24-,25+,26-,27-,28-,29+,30+,31-,32+,33+,35-,36-,37-,38+/m0/s1. The SMILES string of the molecule is CC[C@@H]1OC(=O)[C@H](C)[C@@H](O[C@H]2C[C@@](C)(OC)C[C@H](C)O2)[C@H](C)[C@@H](O[C@@H]2O[C@H](C)C[C@H](N(C)CCO)[C@H]2O)[C@]2(C)C[C@H](C)[C@@H](O2)[C@@H](C)[C@@H](O)[C@]1(C)O. The van der Waals surface area contributed by atoms with Crippen molar-refractivity contribution in [1.82, 2.24) is 4.90 Å². The molecule has 298 valence electrons. The van der Waals surface area contributed by atoms with Gasteiger partial charge in [0.2, 0.25) is 0 Å². The van der Waals surface area contributed by atoms with E-state index in [1.807, 2.05) is 60.4 Å². The third-order valence-electron chi connectivity index (χ3n) is 12.5. The molecular formula is C38H69NO12. The summed E-state index contributed by atoms with van der Waals surface area (Å²) >= 11 is 0. The van der Waals surface area contributed by atoms with Gasteiger partial charge in [-0.05, 0) is 73.8 Å². The number of nitrogens with zero attached hydrogens (tertiary/aromatic N) is 1. The molecule has 0 radical (unpaired) electrons. The van der Waals surface area contributed by atoms with Gasteiger partial charge in [-0.1, -0.05) is 27.7 Å². The fourth-order valence-electron chi connectivity index (χ4n) is 9.50. The second kappa shape index (κ2) is 16.8. The summed E-state index contributed by atoms with van der Waals surface area (Å²) in [7, 11) is 3.53. The molecule has 4 N–H and O–H groups in total. The van der Waals surface area contributed by atoms with Crippen molar-refractivity contribution in [1.29, 1.82) is 0 Å². The molecule has 0 aliphatic carbocycles. The fourth-order valence-corrected chi connectivity index (χ4v) is 9.50. The molecule has 4 rings (SSSR count). The number of methoxy groups -OCH3 is 1. The second-order valence-electron chi connectivity index (χ2n) is 17.0. The van der Waals surface area contributed by atoms with Crippen molar-refractivity contribution in [2.45, 2.75) is 186 Å². The van der Waals surface area contributed by atoms with Crippen LogP contribution in [0.4, 0.5) is 0 Å². The van der Waals surface area contributed by atoms with E-state index in [2.05, 4.69) is 6.92 Å². The molecule has 4 saturated heterocycles. The van der Waals surface area contributed by atoms with Gasteiger partial charge in [-0.3, -0.25) is 9.69 Å². The summed E-state index contributed by atoms with van der Waals surface area (Å²) in [5, 5.41) is 44.9. The van der Waals surface area contributed by atoms with Crippen molar-refractivity contribution < 1.29 is 58.4 Å². The fraction of sp³-hybridized carbons (Fsp3) is 0.974. The topological polar surface area (TPSA) is 166 Å². The van der Waals surface area contributed by atoms with Crippen LogP contribution in [0.15, 0.2) is 0 Å². The molecule has 2 bridgehead atoms. The van der Waals surface area contributed by atoms with Gasteiger partial charge in [-0.2, -0.15) is 0 Å². The lowest BCUT2D eigenvalue weighted by Gasteiger charge is -2.48. The number of carbonyl (C=O) groups is 1. The van der Waals surface area contributed by atoms with E-state index in [-0.39, 0.29) is 37.2 Å². The average molecular weight is 732 g/mol. The predicted molar refractivity (Wildman–Crippen MR) is 189 cm³/mol. The summed E-state index contributed by atoms with van der Waals surface area (Å²) in [6.07, 6.45) is -5.21. The van der Waals surface area contributed by atoms with Crippen LogP contribution in [0, 0.1) is 23.7 Å². The Labute approximate surface area is 305 Å². The normalized spacial score (nSPS) is 50.3. The maximum atomic E-state index is 14.1. The van der Waals surface area contributed by atoms with Crippen molar-refractivity contribution >= 4 is 5.97 Å². The monoisotopic (exact) mass is 731 g/mol. The zero-order valence-corrected chi connectivity index (χ0v) is 33.1. The summed E-state index contributed by atoms with van der Waals surface area (Å²) < 4.78 is 45.3. The Balaban J connectivity index is 1.82. The van der Waals surface area contributed by atoms with Gasteiger partial charge in [0.1, 0.15) is 17.8 Å². The molecule has 0 unspecified atom stereocenters. The Bertz CT molecular complexity index is 1140. The summed E-state index contributed by atoms with van der Waals surface area (Å²) in [5.41, 5.74) is -3.28. The molecular weight excluding hydrogens is 662 g/mol. The highest BCUT2D eigenvalue weighted by atomic mass is 16.7. The van der Waals surface area contributed by atoms with Crippen LogP contribution in [-0.2, 0) is 38.0 Å². The van der Waals surface area contributed by atoms with Gasteiger partial charge in [0.25, 0.3) is 0 Å². The summed E-state index contributed by atoms with van der Waals surface area (Å²) in [6, 6.07) is -0.340. The number of ether oxygens (including phenoxy) is 7. The average Bonchev–Trinajstić information content (AvgIpc) is 3.38. The van der Waals surface area contributed by atoms with Crippen LogP contribution >= 0.6 is 0 Å². The zero-order valence-electron chi connectivity index (χ0n) is 33.1. The van der Waals surface area contributed by atoms with Crippen molar-refractivity contribution in [3.8, 4) is 0 Å². The van der Waals surface area contributed by atoms with Crippen LogP contribution in [0.5, 0.6) is 0 Å². The lowest BCUT2D eigenvalue weighted by molar-refractivity contribution is -0.312. The summed E-state index contributed by atoms with van der Waals surface area (Å²) in [4.78, 5) is 16.1. The van der Waals surface area contributed by atoms with Crippen molar-refractivity contribution in [3.05, 3.63) is 0 Å². The minimum Gasteiger partial charge on any atom is -0.459 e. The van der Waals surface area contributed by atoms with Crippen molar-refractivity contribution in [2.24, 2.45) is 23.7 Å². The highest BCUT2D eigenvalue weighted by Gasteiger charge is 2.57. The molecule has 4 heterocycles. The predicted octanol–water partition coefficient (Wildman–Crippen LogP) is 3.01. The van der Waals surface area contributed by atoms with Gasteiger partial charge in [0.05, 0.1) is 60.4 Å². The third-order valence-corrected chi connectivity index (χ3v) is 12.5. The Morgan fingerprint density at radius 3 is 2.22 bits per heavy atom. The van der Waals surface area contributed by atoms with Crippen LogP contribution in [0.1, 0.15) is 101 Å². The molecule has 18 atom stereocenters. The highest BCUT2D eigenvalue weighted by Crippen LogP contribution is 2.48. The Hall–Kier alpha value is -0.970. The van der Waals surface area contributed by atoms with Crippen LogP contribution in [0.3, 0.4) is 0 Å². The lowest BCUT2D eigenvalue weighted by atomic mass is 9.76. The highest BCUT2D eigenvalue weighted by molar-refractivity contribution is 5.73. The van der Waals surface area contributed by atoms with E-state index in [4.69, 9.17) is 33.2 Å². The maximum Gasteiger partial charge on any atom is 0.311 e. The zero-order chi connectivity index (χ0) is 38.2. The van der Waals surface area contributed by atoms with Crippen LogP contribution in [-0.4, -0.2) is 143 Å². The minimum absolute atomic E-state index is 0.0550. The third kappa shape index (κ3) is 9.12. The maximum absolute atomic E-state index is 14.1. The van der Waals surface area contributed by atoms with Gasteiger partial charge in [0.15, 0.2) is 12.6 Å². The molecule has 0 spiro atoms. The van der Waals surface area contributed by atoms with Crippen molar-refractivity contribution in [3.63, 3.8) is 0 Å². The van der Waals surface area contributed by atoms with E-state index >= 15 is 0 Å². The first kappa shape index (κ1) is 42.8. The molecule has 0 aromatic heterocycles. The van der Waals surface area contributed by atoms with E-state index < -0.39 is 89.7 Å². The number of rotatable bonds is 9. The van der Waals surface area contributed by atoms with Crippen LogP contribution < -0.4 is 0 Å². The van der Waals surface area contributed by atoms with Gasteiger partial charge in [-0.25, -0.2) is 0 Å². The first-order chi connectivity index (χ1) is 23.7. The molecule has 51 heavy (non-hydrogen) atoms. The smallest absolute Gasteiger partial charge is 0.311 e. The van der Waals surface area contributed by atoms with Gasteiger partial charge >= 0.3 is 5.97 Å². The molecule has 0 saturated carbocycles. The Morgan fingerprint density at radius 2 is 1.61 bits per heavy atom. The molecule has 13 heteroatoms. The molecule has 0 aromatic carbocycles. The van der Waals surface area contributed by atoms with Gasteiger partial charge in [-0.15, -0.1) is 0 Å². The second-order valence-corrected chi connectivity index (χ2v) is 17.0. The number of aliphatic hydroxyl groups excluding tert-OH is 3. The minimum atomic E-state index is -1.77. The number of hydrogen-bond donors (Lipinski definition) is 4. The Morgan fingerprint density at radius 1 is 0.941 bits per heavy atom. The quantitative estimate of drug-likeness (QED) is 0.256. The molecule has 0 aromatic rings. The van der Waals surface area contributed by atoms with Crippen LogP contribution in [0.25, 0.3) is 0 Å². The van der Waals surface area contributed by atoms with E-state index in [9.17, 15) is 25.2 Å². The number of likely N-dealkylation sites (N-methyl/N-ethyl adjacent to an activating group) is 1. The number of carbonyl (C=O) groups excluding carboxylic acids is 1. The van der Waals surface area contributed by atoms with Crippen molar-refractivity contribution in [2.75, 3.05) is 27.3 Å². The van der Waals surface area contributed by atoms with E-state index in [1.165, 1.54) is 6.92 Å². The number of aliphatic hydroxyl groups is 4. The van der Waals surface area contributed by atoms with E-state index in [0.29, 0.717) is 32.2 Å². The molecule has 4 aliphatic heterocycles. The molecule has 13 nitrogen and oxygen atoms in total. The number of esters is 1. The van der Waals surface area contributed by atoms with Gasteiger partial charge < -0.3 is 53.6 Å². The molecule has 0 amide bonds. The number of cyclic esters (lactones) is 1. The van der Waals surface area contributed by atoms with E-state index in [1.54, 1.807) is 14.0 Å². The number of hydrogen-bond acceptors (Lipinski definition) is 13. The molecule has 4 fully saturated rings. The first-order valence-electron chi connectivity index (χ1n) is 19.2. The van der Waals surface area contributed by atoms with E-state index in [0.717, 1.165) is 0 Å². The Kier molecular flexibility index (Phi) is 14.1. The summed E-state index contributed by atoms with van der Waals surface area (Å²) in [5.74, 6) is -2.61.